The summed E-state index contributed by atoms with van der Waals surface area (Å²) in [7, 11) is 0. The first-order chi connectivity index (χ1) is 12.8. The minimum absolute atomic E-state index is 0.285. The first-order valence-electron chi connectivity index (χ1n) is 9.11. The quantitative estimate of drug-likeness (QED) is 0.872. The molecule has 0 aliphatic carbocycles. The molecule has 2 N–H and O–H groups in total. The molecule has 26 heavy (non-hydrogen) atoms. The number of amides is 2. The molecule has 2 aliphatic heterocycles. The van der Waals surface area contributed by atoms with E-state index in [4.69, 9.17) is 9.47 Å². The Bertz CT molecular complexity index is 770. The predicted molar refractivity (Wildman–Crippen MR) is 103 cm³/mol. The highest BCUT2D eigenvalue weighted by Crippen LogP contribution is 2.32. The molecule has 0 radical (unpaired) electrons. The molecule has 6 nitrogen and oxygen atoms in total. The summed E-state index contributed by atoms with van der Waals surface area (Å²) < 4.78 is 11.0. The Hall–Kier alpha value is -2.89. The van der Waals surface area contributed by atoms with Gasteiger partial charge in [-0.25, -0.2) is 4.79 Å². The van der Waals surface area contributed by atoms with Crippen LogP contribution in [0.25, 0.3) is 0 Å². The molecular formula is C20H23N3O3. The summed E-state index contributed by atoms with van der Waals surface area (Å²) in [5.74, 6) is 1.36. The summed E-state index contributed by atoms with van der Waals surface area (Å²) in [5, 5.41) is 5.68. The van der Waals surface area contributed by atoms with Gasteiger partial charge in [-0.05, 0) is 55.7 Å². The van der Waals surface area contributed by atoms with Gasteiger partial charge in [0.05, 0.1) is 0 Å². The predicted octanol–water partition coefficient (Wildman–Crippen LogP) is 4.09. The van der Waals surface area contributed by atoms with Crippen LogP contribution in [-0.2, 0) is 0 Å². The van der Waals surface area contributed by atoms with Crippen molar-refractivity contribution in [2.24, 2.45) is 0 Å². The SMILES string of the molecule is O=C(Nc1ccc(N2CCCCC2)cc1)Nc1ccc2c(c1)OCCO2. The minimum atomic E-state index is -0.285. The van der Waals surface area contributed by atoms with Crippen LogP contribution in [0.3, 0.4) is 0 Å². The van der Waals surface area contributed by atoms with E-state index in [1.54, 1.807) is 18.2 Å². The molecule has 0 aromatic heterocycles. The maximum atomic E-state index is 12.2. The summed E-state index contributed by atoms with van der Waals surface area (Å²) in [4.78, 5) is 14.6. The molecule has 4 rings (SSSR count). The number of rotatable bonds is 3. The van der Waals surface area contributed by atoms with Gasteiger partial charge in [0, 0.05) is 36.2 Å². The van der Waals surface area contributed by atoms with E-state index in [0.717, 1.165) is 18.8 Å². The average Bonchev–Trinajstić information content (AvgIpc) is 2.69. The standard InChI is InChI=1S/C20H23N3O3/c24-20(22-16-6-9-18-19(14-16)26-13-12-25-18)21-15-4-7-17(8-5-15)23-10-2-1-3-11-23/h4-9,14H,1-3,10-13H2,(H2,21,22,24). The molecule has 6 heteroatoms. The molecule has 2 amide bonds. The number of hydrogen-bond donors (Lipinski definition) is 2. The minimum Gasteiger partial charge on any atom is -0.486 e. The number of anilines is 3. The summed E-state index contributed by atoms with van der Waals surface area (Å²) >= 11 is 0. The third-order valence-corrected chi connectivity index (χ3v) is 4.65. The zero-order valence-electron chi connectivity index (χ0n) is 14.7. The number of benzene rings is 2. The summed E-state index contributed by atoms with van der Waals surface area (Å²) in [6, 6.07) is 13.1. The zero-order chi connectivity index (χ0) is 17.8. The van der Waals surface area contributed by atoms with Crippen LogP contribution in [-0.4, -0.2) is 32.3 Å². The van der Waals surface area contributed by atoms with Gasteiger partial charge in [-0.15, -0.1) is 0 Å². The van der Waals surface area contributed by atoms with E-state index >= 15 is 0 Å². The second-order valence-electron chi connectivity index (χ2n) is 6.53. The van der Waals surface area contributed by atoms with Crippen molar-refractivity contribution in [3.63, 3.8) is 0 Å². The van der Waals surface area contributed by atoms with Gasteiger partial charge >= 0.3 is 6.03 Å². The van der Waals surface area contributed by atoms with Gasteiger partial charge in [0.1, 0.15) is 13.2 Å². The normalized spacial score (nSPS) is 16.1. The summed E-state index contributed by atoms with van der Waals surface area (Å²) in [5.41, 5.74) is 2.64. The van der Waals surface area contributed by atoms with Crippen molar-refractivity contribution in [3.8, 4) is 11.5 Å². The van der Waals surface area contributed by atoms with Crippen LogP contribution in [0.15, 0.2) is 42.5 Å². The Balaban J connectivity index is 1.35. The number of carbonyl (C=O) groups is 1. The maximum absolute atomic E-state index is 12.2. The number of urea groups is 1. The lowest BCUT2D eigenvalue weighted by Gasteiger charge is -2.28. The summed E-state index contributed by atoms with van der Waals surface area (Å²) in [6.07, 6.45) is 3.81. The fourth-order valence-corrected chi connectivity index (χ4v) is 3.32. The Kier molecular flexibility index (Phi) is 4.82. The van der Waals surface area contributed by atoms with Crippen molar-refractivity contribution < 1.29 is 14.3 Å². The number of fused-ring (bicyclic) bond motifs is 1. The van der Waals surface area contributed by atoms with Crippen molar-refractivity contribution in [2.75, 3.05) is 41.8 Å². The molecule has 2 aliphatic rings. The van der Waals surface area contributed by atoms with Crippen LogP contribution in [0.1, 0.15) is 19.3 Å². The summed E-state index contributed by atoms with van der Waals surface area (Å²) in [6.45, 7) is 3.29. The molecule has 0 atom stereocenters. The van der Waals surface area contributed by atoms with Crippen molar-refractivity contribution in [1.29, 1.82) is 0 Å². The molecule has 1 saturated heterocycles. The van der Waals surface area contributed by atoms with Crippen molar-refractivity contribution in [3.05, 3.63) is 42.5 Å². The van der Waals surface area contributed by atoms with Gasteiger partial charge in [-0.2, -0.15) is 0 Å². The van der Waals surface area contributed by atoms with E-state index in [1.807, 2.05) is 12.1 Å². The molecule has 0 saturated carbocycles. The zero-order valence-corrected chi connectivity index (χ0v) is 14.7. The number of carbonyl (C=O) groups excluding carboxylic acids is 1. The van der Waals surface area contributed by atoms with Crippen LogP contribution in [0.5, 0.6) is 11.5 Å². The molecular weight excluding hydrogens is 330 g/mol. The van der Waals surface area contributed by atoms with Crippen molar-refractivity contribution >= 4 is 23.1 Å². The number of nitrogens with zero attached hydrogens (tertiary/aromatic N) is 1. The van der Waals surface area contributed by atoms with Gasteiger partial charge in [-0.3, -0.25) is 0 Å². The lowest BCUT2D eigenvalue weighted by atomic mass is 10.1. The van der Waals surface area contributed by atoms with Crippen LogP contribution in [0.4, 0.5) is 21.9 Å². The van der Waals surface area contributed by atoms with E-state index in [1.165, 1.54) is 24.9 Å². The second-order valence-corrected chi connectivity index (χ2v) is 6.53. The topological polar surface area (TPSA) is 62.8 Å². The Labute approximate surface area is 153 Å². The van der Waals surface area contributed by atoms with E-state index in [0.29, 0.717) is 30.4 Å². The monoisotopic (exact) mass is 353 g/mol. The smallest absolute Gasteiger partial charge is 0.323 e. The van der Waals surface area contributed by atoms with E-state index in [9.17, 15) is 4.79 Å². The highest BCUT2D eigenvalue weighted by Gasteiger charge is 2.13. The largest absolute Gasteiger partial charge is 0.486 e. The molecule has 136 valence electrons. The van der Waals surface area contributed by atoms with Gasteiger partial charge in [0.2, 0.25) is 0 Å². The third-order valence-electron chi connectivity index (χ3n) is 4.65. The van der Waals surface area contributed by atoms with E-state index in [2.05, 4.69) is 27.7 Å². The molecule has 2 aromatic rings. The van der Waals surface area contributed by atoms with Gasteiger partial charge < -0.3 is 25.0 Å². The van der Waals surface area contributed by atoms with Crippen LogP contribution >= 0.6 is 0 Å². The van der Waals surface area contributed by atoms with E-state index in [-0.39, 0.29) is 6.03 Å². The number of nitrogens with one attached hydrogen (secondary N) is 2. The second kappa shape index (κ2) is 7.56. The third kappa shape index (κ3) is 3.85. The van der Waals surface area contributed by atoms with Gasteiger partial charge in [0.25, 0.3) is 0 Å². The Morgan fingerprint density at radius 1 is 0.808 bits per heavy atom. The number of hydrogen-bond acceptors (Lipinski definition) is 4. The average molecular weight is 353 g/mol. The fraction of sp³-hybridized carbons (Fsp3) is 0.350. The Morgan fingerprint density at radius 2 is 1.46 bits per heavy atom. The van der Waals surface area contributed by atoms with Crippen molar-refractivity contribution in [1.82, 2.24) is 0 Å². The van der Waals surface area contributed by atoms with Crippen molar-refractivity contribution in [2.45, 2.75) is 19.3 Å². The van der Waals surface area contributed by atoms with Crippen LogP contribution in [0.2, 0.25) is 0 Å². The van der Waals surface area contributed by atoms with Gasteiger partial charge in [-0.1, -0.05) is 0 Å². The maximum Gasteiger partial charge on any atom is 0.323 e. The highest BCUT2D eigenvalue weighted by molar-refractivity contribution is 6.00. The molecule has 1 fully saturated rings. The molecule has 0 spiro atoms. The molecule has 0 bridgehead atoms. The highest BCUT2D eigenvalue weighted by atomic mass is 16.6. The molecule has 2 aromatic carbocycles. The first-order valence-corrected chi connectivity index (χ1v) is 9.11. The van der Waals surface area contributed by atoms with Gasteiger partial charge in [0.15, 0.2) is 11.5 Å². The Morgan fingerprint density at radius 3 is 2.23 bits per heavy atom. The van der Waals surface area contributed by atoms with Crippen LogP contribution in [0, 0.1) is 0 Å². The molecule has 2 heterocycles. The number of piperidine rings is 1. The lowest BCUT2D eigenvalue weighted by molar-refractivity contribution is 0.171. The van der Waals surface area contributed by atoms with Crippen LogP contribution < -0.4 is 25.0 Å². The number of ether oxygens (including phenoxy) is 2. The van der Waals surface area contributed by atoms with E-state index < -0.39 is 0 Å². The first kappa shape index (κ1) is 16.6. The lowest BCUT2D eigenvalue weighted by Crippen LogP contribution is -2.29. The fourth-order valence-electron chi connectivity index (χ4n) is 3.32. The molecule has 0 unspecified atom stereocenters.